The van der Waals surface area contributed by atoms with Crippen molar-refractivity contribution in [3.8, 4) is 0 Å². The van der Waals surface area contributed by atoms with E-state index in [1.54, 1.807) is 0 Å². The number of unbranched alkanes of at least 4 members (excludes halogenated alkanes) is 1. The Bertz CT molecular complexity index is 205. The molecule has 1 unspecified atom stereocenters. The molecule has 0 radical (unpaired) electrons. The molecule has 0 fully saturated rings. The van der Waals surface area contributed by atoms with Crippen LogP contribution < -0.4 is 0 Å². The summed E-state index contributed by atoms with van der Waals surface area (Å²) in [5.41, 5.74) is 1.23. The SMILES string of the molecule is CC(C)=CCOC(CBr)OCCOCCCCO. The maximum atomic E-state index is 8.59. The van der Waals surface area contributed by atoms with E-state index in [-0.39, 0.29) is 12.9 Å². The van der Waals surface area contributed by atoms with Gasteiger partial charge in [-0.05, 0) is 26.7 Å². The average Bonchev–Trinajstić information content (AvgIpc) is 2.35. The highest BCUT2D eigenvalue weighted by molar-refractivity contribution is 9.09. The first-order valence-electron chi connectivity index (χ1n) is 6.31. The molecule has 0 aliphatic rings. The van der Waals surface area contributed by atoms with Gasteiger partial charge < -0.3 is 19.3 Å². The molecule has 1 N–H and O–H groups in total. The number of hydrogen-bond donors (Lipinski definition) is 1. The third-order valence-electron chi connectivity index (χ3n) is 2.13. The minimum Gasteiger partial charge on any atom is -0.396 e. The first kappa shape index (κ1) is 18.1. The van der Waals surface area contributed by atoms with E-state index in [1.165, 1.54) is 5.57 Å². The van der Waals surface area contributed by atoms with Crippen LogP contribution in [0.3, 0.4) is 0 Å². The molecule has 0 heterocycles. The van der Waals surface area contributed by atoms with Crippen molar-refractivity contribution in [2.24, 2.45) is 0 Å². The molecule has 1 atom stereocenters. The van der Waals surface area contributed by atoms with Crippen molar-refractivity contribution in [1.29, 1.82) is 0 Å². The maximum Gasteiger partial charge on any atom is 0.167 e. The number of hydrogen-bond acceptors (Lipinski definition) is 4. The van der Waals surface area contributed by atoms with Crippen LogP contribution in [0.5, 0.6) is 0 Å². The van der Waals surface area contributed by atoms with Gasteiger partial charge in [0.05, 0.1) is 25.2 Å². The van der Waals surface area contributed by atoms with E-state index in [2.05, 4.69) is 15.9 Å². The monoisotopic (exact) mass is 324 g/mol. The summed E-state index contributed by atoms with van der Waals surface area (Å²) < 4.78 is 16.4. The standard InChI is InChI=1S/C13H25BrO4/c1-12(2)5-8-17-13(11-14)18-10-9-16-7-4-3-6-15/h5,13,15H,3-4,6-11H2,1-2H3. The van der Waals surface area contributed by atoms with Crippen molar-refractivity contribution in [2.45, 2.75) is 33.0 Å². The summed E-state index contributed by atoms with van der Waals surface area (Å²) in [6.45, 7) is 6.60. The van der Waals surface area contributed by atoms with Gasteiger partial charge >= 0.3 is 0 Å². The molecule has 0 spiro atoms. The highest BCUT2D eigenvalue weighted by Gasteiger charge is 2.06. The normalized spacial score (nSPS) is 12.4. The predicted octanol–water partition coefficient (Wildman–Crippen LogP) is 2.50. The van der Waals surface area contributed by atoms with E-state index in [0.717, 1.165) is 12.8 Å². The molecule has 0 aliphatic heterocycles. The van der Waals surface area contributed by atoms with Crippen LogP contribution in [0.1, 0.15) is 26.7 Å². The topological polar surface area (TPSA) is 47.9 Å². The molecule has 0 rings (SSSR count). The minimum absolute atomic E-state index is 0.226. The Labute approximate surface area is 118 Å². The lowest BCUT2D eigenvalue weighted by Gasteiger charge is -2.15. The zero-order chi connectivity index (χ0) is 13.6. The van der Waals surface area contributed by atoms with Gasteiger partial charge in [-0.3, -0.25) is 0 Å². The average molecular weight is 325 g/mol. The summed E-state index contributed by atoms with van der Waals surface area (Å²) in [7, 11) is 0. The van der Waals surface area contributed by atoms with E-state index in [0.29, 0.717) is 31.8 Å². The summed E-state index contributed by atoms with van der Waals surface area (Å²) in [6.07, 6.45) is 3.46. The molecule has 0 aromatic rings. The summed E-state index contributed by atoms with van der Waals surface area (Å²) in [5, 5.41) is 9.24. The second kappa shape index (κ2) is 13.5. The Kier molecular flexibility index (Phi) is 13.5. The van der Waals surface area contributed by atoms with Crippen molar-refractivity contribution in [3.63, 3.8) is 0 Å². The second-order valence-corrected chi connectivity index (χ2v) is 4.76. The molecule has 0 aliphatic carbocycles. The van der Waals surface area contributed by atoms with Gasteiger partial charge in [0.2, 0.25) is 0 Å². The highest BCUT2D eigenvalue weighted by atomic mass is 79.9. The summed E-state index contributed by atoms with van der Waals surface area (Å²) in [5.74, 6) is 0. The third kappa shape index (κ3) is 12.5. The van der Waals surface area contributed by atoms with Gasteiger partial charge in [-0.25, -0.2) is 0 Å². The largest absolute Gasteiger partial charge is 0.396 e. The molecule has 0 saturated carbocycles. The van der Waals surface area contributed by atoms with Gasteiger partial charge in [0.1, 0.15) is 0 Å². The fourth-order valence-electron chi connectivity index (χ4n) is 1.12. The first-order valence-corrected chi connectivity index (χ1v) is 7.44. The fraction of sp³-hybridized carbons (Fsp3) is 0.846. The van der Waals surface area contributed by atoms with Crippen molar-refractivity contribution in [3.05, 3.63) is 11.6 Å². The number of allylic oxidation sites excluding steroid dienone is 1. The van der Waals surface area contributed by atoms with Crippen LogP contribution in [0.2, 0.25) is 0 Å². The number of aliphatic hydroxyl groups excluding tert-OH is 1. The van der Waals surface area contributed by atoms with Crippen molar-refractivity contribution in [2.75, 3.05) is 38.4 Å². The Morgan fingerprint density at radius 2 is 1.94 bits per heavy atom. The minimum atomic E-state index is -0.235. The zero-order valence-electron chi connectivity index (χ0n) is 11.4. The quantitative estimate of drug-likeness (QED) is 0.259. The molecule has 0 aromatic carbocycles. The molecule has 0 amide bonds. The van der Waals surface area contributed by atoms with Crippen LogP contribution in [-0.4, -0.2) is 49.8 Å². The smallest absolute Gasteiger partial charge is 0.167 e. The van der Waals surface area contributed by atoms with Crippen molar-refractivity contribution < 1.29 is 19.3 Å². The zero-order valence-corrected chi connectivity index (χ0v) is 12.9. The van der Waals surface area contributed by atoms with Gasteiger partial charge in [0.15, 0.2) is 6.29 Å². The molecular weight excluding hydrogens is 300 g/mol. The highest BCUT2D eigenvalue weighted by Crippen LogP contribution is 2.01. The molecule has 0 aromatic heterocycles. The molecule has 0 bridgehead atoms. The summed E-state index contributed by atoms with van der Waals surface area (Å²) in [4.78, 5) is 0. The molecule has 5 heteroatoms. The lowest BCUT2D eigenvalue weighted by atomic mass is 10.3. The number of rotatable bonds is 12. The number of ether oxygens (including phenoxy) is 3. The summed E-state index contributed by atoms with van der Waals surface area (Å²) in [6, 6.07) is 0. The van der Waals surface area contributed by atoms with Gasteiger partial charge in [0.25, 0.3) is 0 Å². The Morgan fingerprint density at radius 3 is 2.56 bits per heavy atom. The number of alkyl halides is 1. The first-order chi connectivity index (χ1) is 8.70. The van der Waals surface area contributed by atoms with E-state index < -0.39 is 0 Å². The molecule has 4 nitrogen and oxygen atoms in total. The second-order valence-electron chi connectivity index (χ2n) is 4.11. The van der Waals surface area contributed by atoms with Crippen LogP contribution in [0, 0.1) is 0 Å². The van der Waals surface area contributed by atoms with E-state index in [1.807, 2.05) is 19.9 Å². The van der Waals surface area contributed by atoms with E-state index in [9.17, 15) is 0 Å². The maximum absolute atomic E-state index is 8.59. The number of halogens is 1. The van der Waals surface area contributed by atoms with E-state index >= 15 is 0 Å². The van der Waals surface area contributed by atoms with Gasteiger partial charge in [-0.1, -0.05) is 27.6 Å². The van der Waals surface area contributed by atoms with Gasteiger partial charge in [0, 0.05) is 13.2 Å². The lowest BCUT2D eigenvalue weighted by Crippen LogP contribution is -2.21. The van der Waals surface area contributed by atoms with Crippen LogP contribution >= 0.6 is 15.9 Å². The summed E-state index contributed by atoms with van der Waals surface area (Å²) >= 11 is 3.35. The van der Waals surface area contributed by atoms with E-state index in [4.69, 9.17) is 19.3 Å². The van der Waals surface area contributed by atoms with Gasteiger partial charge in [-0.15, -0.1) is 0 Å². The Morgan fingerprint density at radius 1 is 1.17 bits per heavy atom. The number of aliphatic hydroxyl groups is 1. The van der Waals surface area contributed by atoms with Crippen LogP contribution in [-0.2, 0) is 14.2 Å². The van der Waals surface area contributed by atoms with Gasteiger partial charge in [-0.2, -0.15) is 0 Å². The third-order valence-corrected chi connectivity index (χ3v) is 2.66. The molecule has 0 saturated heterocycles. The van der Waals surface area contributed by atoms with Crippen LogP contribution in [0.15, 0.2) is 11.6 Å². The molecular formula is C13H25BrO4. The van der Waals surface area contributed by atoms with Crippen LogP contribution in [0.4, 0.5) is 0 Å². The van der Waals surface area contributed by atoms with Crippen molar-refractivity contribution in [1.82, 2.24) is 0 Å². The van der Waals surface area contributed by atoms with Crippen molar-refractivity contribution >= 4 is 15.9 Å². The molecule has 18 heavy (non-hydrogen) atoms. The molecule has 108 valence electrons. The lowest BCUT2D eigenvalue weighted by molar-refractivity contribution is -0.128. The fourth-order valence-corrected chi connectivity index (χ4v) is 1.49. The predicted molar refractivity (Wildman–Crippen MR) is 76.1 cm³/mol. The Balaban J connectivity index is 3.41. The van der Waals surface area contributed by atoms with Crippen LogP contribution in [0.25, 0.3) is 0 Å². The Hall–Kier alpha value is 0.0600.